The molecule has 0 amide bonds. The molecule has 0 spiro atoms. The van der Waals surface area contributed by atoms with E-state index < -0.39 is 4.92 Å². The number of hydrogen-bond acceptors (Lipinski definition) is 4. The number of rotatable bonds is 6. The van der Waals surface area contributed by atoms with E-state index in [1.807, 2.05) is 11.8 Å². The number of benzene rings is 1. The second-order valence-corrected chi connectivity index (χ2v) is 5.80. The molecule has 0 fully saturated rings. The summed E-state index contributed by atoms with van der Waals surface area (Å²) in [5, 5.41) is 13.9. The Morgan fingerprint density at radius 1 is 1.59 bits per heavy atom. The van der Waals surface area contributed by atoms with Crippen LogP contribution in [0.3, 0.4) is 0 Å². The maximum atomic E-state index is 10.6. The monoisotopic (exact) mass is 318 g/mol. The molecule has 94 valence electrons. The van der Waals surface area contributed by atoms with Gasteiger partial charge in [0.05, 0.1) is 4.92 Å². The summed E-state index contributed by atoms with van der Waals surface area (Å²) in [6, 6.07) is 5.09. The highest BCUT2D eigenvalue weighted by Crippen LogP contribution is 2.27. The van der Waals surface area contributed by atoms with Crippen molar-refractivity contribution in [3.63, 3.8) is 0 Å². The fourth-order valence-corrected chi connectivity index (χ4v) is 2.49. The molecule has 1 atom stereocenters. The molecule has 1 aromatic rings. The minimum Gasteiger partial charge on any atom is -0.381 e. The van der Waals surface area contributed by atoms with Crippen LogP contribution in [-0.2, 0) is 0 Å². The summed E-state index contributed by atoms with van der Waals surface area (Å²) in [5.41, 5.74) is 0.984. The van der Waals surface area contributed by atoms with E-state index in [1.165, 1.54) is 12.1 Å². The second kappa shape index (κ2) is 6.86. The van der Waals surface area contributed by atoms with Crippen molar-refractivity contribution in [1.29, 1.82) is 0 Å². The van der Waals surface area contributed by atoms with Gasteiger partial charge in [0.2, 0.25) is 0 Å². The summed E-state index contributed by atoms with van der Waals surface area (Å²) in [5.74, 6) is 2.10. The molecule has 0 bridgehead atoms. The number of non-ortho nitro benzene ring substituents is 1. The summed E-state index contributed by atoms with van der Waals surface area (Å²) < 4.78 is 0.722. The predicted molar refractivity (Wildman–Crippen MR) is 76.9 cm³/mol. The Balaban J connectivity index is 2.69. The number of anilines is 1. The van der Waals surface area contributed by atoms with Gasteiger partial charge < -0.3 is 5.32 Å². The van der Waals surface area contributed by atoms with Crippen molar-refractivity contribution in [1.82, 2.24) is 0 Å². The first-order valence-corrected chi connectivity index (χ1v) is 7.27. The van der Waals surface area contributed by atoms with Crippen LogP contribution in [0.5, 0.6) is 0 Å². The van der Waals surface area contributed by atoms with Crippen LogP contribution in [0.25, 0.3) is 0 Å². The van der Waals surface area contributed by atoms with Gasteiger partial charge in [0, 0.05) is 34.1 Å². The Morgan fingerprint density at radius 2 is 2.29 bits per heavy atom. The Morgan fingerprint density at radius 3 is 2.82 bits per heavy atom. The van der Waals surface area contributed by atoms with E-state index >= 15 is 0 Å². The van der Waals surface area contributed by atoms with E-state index in [1.54, 1.807) is 6.07 Å². The standard InChI is InChI=1S/C11H15BrN2O2S/c1-3-17-7-8(2)13-11-5-4-9(14(15)16)6-10(11)12/h4-6,8,13H,3,7H2,1-2H3. The summed E-state index contributed by atoms with van der Waals surface area (Å²) in [6.07, 6.45) is 0. The fourth-order valence-electron chi connectivity index (χ4n) is 1.34. The lowest BCUT2D eigenvalue weighted by atomic mass is 10.2. The van der Waals surface area contributed by atoms with Crippen molar-refractivity contribution in [3.8, 4) is 0 Å². The molecule has 0 radical (unpaired) electrons. The average Bonchev–Trinajstić information content (AvgIpc) is 2.28. The fraction of sp³-hybridized carbons (Fsp3) is 0.455. The molecule has 0 saturated heterocycles. The molecular weight excluding hydrogens is 304 g/mol. The largest absolute Gasteiger partial charge is 0.381 e. The van der Waals surface area contributed by atoms with Gasteiger partial charge in [-0.3, -0.25) is 10.1 Å². The lowest BCUT2D eigenvalue weighted by Crippen LogP contribution is -2.18. The summed E-state index contributed by atoms with van der Waals surface area (Å²) in [7, 11) is 0. The molecule has 0 heterocycles. The first kappa shape index (κ1) is 14.3. The SMILES string of the molecule is CCSCC(C)Nc1ccc([N+](=O)[O-])cc1Br. The molecule has 1 rings (SSSR count). The second-order valence-electron chi connectivity index (χ2n) is 3.63. The van der Waals surface area contributed by atoms with E-state index in [4.69, 9.17) is 0 Å². The van der Waals surface area contributed by atoms with Crippen molar-refractivity contribution in [3.05, 3.63) is 32.8 Å². The Hall–Kier alpha value is -0.750. The molecular formula is C11H15BrN2O2S. The predicted octanol–water partition coefficient (Wildman–Crippen LogP) is 3.91. The molecule has 0 saturated carbocycles. The minimum atomic E-state index is -0.398. The molecule has 0 aliphatic rings. The molecule has 0 aliphatic carbocycles. The van der Waals surface area contributed by atoms with Crippen molar-refractivity contribution in [2.24, 2.45) is 0 Å². The van der Waals surface area contributed by atoms with Gasteiger partial charge in [-0.1, -0.05) is 6.92 Å². The van der Waals surface area contributed by atoms with Crippen LogP contribution in [-0.4, -0.2) is 22.5 Å². The highest BCUT2D eigenvalue weighted by atomic mass is 79.9. The van der Waals surface area contributed by atoms with Gasteiger partial charge in [-0.15, -0.1) is 0 Å². The van der Waals surface area contributed by atoms with Crippen molar-refractivity contribution in [2.75, 3.05) is 16.8 Å². The molecule has 0 aliphatic heterocycles. The number of halogens is 1. The number of thioether (sulfide) groups is 1. The van der Waals surface area contributed by atoms with Crippen LogP contribution in [0.2, 0.25) is 0 Å². The Bertz CT molecular complexity index is 401. The smallest absolute Gasteiger partial charge is 0.270 e. The molecule has 1 aromatic carbocycles. The number of nitrogens with one attached hydrogen (secondary N) is 1. The third-order valence-corrected chi connectivity index (χ3v) is 3.94. The van der Waals surface area contributed by atoms with Crippen LogP contribution in [0.1, 0.15) is 13.8 Å². The summed E-state index contributed by atoms with van der Waals surface area (Å²) in [4.78, 5) is 10.2. The zero-order valence-corrected chi connectivity index (χ0v) is 12.2. The highest BCUT2D eigenvalue weighted by Gasteiger charge is 2.10. The molecule has 1 N–H and O–H groups in total. The Kier molecular flexibility index (Phi) is 5.77. The lowest BCUT2D eigenvalue weighted by Gasteiger charge is -2.15. The molecule has 4 nitrogen and oxygen atoms in total. The van der Waals surface area contributed by atoms with Crippen LogP contribution >= 0.6 is 27.7 Å². The van der Waals surface area contributed by atoms with Gasteiger partial charge in [0.15, 0.2) is 0 Å². The van der Waals surface area contributed by atoms with Crippen LogP contribution in [0.15, 0.2) is 22.7 Å². The van der Waals surface area contributed by atoms with E-state index in [0.29, 0.717) is 6.04 Å². The zero-order chi connectivity index (χ0) is 12.8. The van der Waals surface area contributed by atoms with Gasteiger partial charge >= 0.3 is 0 Å². The number of hydrogen-bond donors (Lipinski definition) is 1. The van der Waals surface area contributed by atoms with E-state index in [9.17, 15) is 10.1 Å². The van der Waals surface area contributed by atoms with Gasteiger partial charge in [0.1, 0.15) is 0 Å². The van der Waals surface area contributed by atoms with E-state index in [2.05, 4.69) is 35.1 Å². The van der Waals surface area contributed by atoms with Crippen molar-refractivity contribution >= 4 is 39.1 Å². The van der Waals surface area contributed by atoms with E-state index in [0.717, 1.165) is 21.7 Å². The van der Waals surface area contributed by atoms with Crippen molar-refractivity contribution < 1.29 is 4.92 Å². The molecule has 0 aromatic heterocycles. The average molecular weight is 319 g/mol. The molecule has 6 heteroatoms. The normalized spacial score (nSPS) is 12.2. The third kappa shape index (κ3) is 4.55. The van der Waals surface area contributed by atoms with Gasteiger partial charge in [-0.2, -0.15) is 11.8 Å². The minimum absolute atomic E-state index is 0.0954. The lowest BCUT2D eigenvalue weighted by molar-refractivity contribution is -0.384. The van der Waals surface area contributed by atoms with Gasteiger partial charge in [0.25, 0.3) is 5.69 Å². The quantitative estimate of drug-likeness (QED) is 0.638. The number of nitro benzene ring substituents is 1. The maximum Gasteiger partial charge on any atom is 0.270 e. The third-order valence-electron chi connectivity index (χ3n) is 2.14. The van der Waals surface area contributed by atoms with Gasteiger partial charge in [-0.25, -0.2) is 0 Å². The summed E-state index contributed by atoms with van der Waals surface area (Å²) >= 11 is 5.20. The van der Waals surface area contributed by atoms with Gasteiger partial charge in [-0.05, 0) is 34.7 Å². The zero-order valence-electron chi connectivity index (χ0n) is 9.77. The maximum absolute atomic E-state index is 10.6. The van der Waals surface area contributed by atoms with Crippen molar-refractivity contribution in [2.45, 2.75) is 19.9 Å². The topological polar surface area (TPSA) is 55.2 Å². The van der Waals surface area contributed by atoms with Crippen LogP contribution < -0.4 is 5.32 Å². The van der Waals surface area contributed by atoms with Crippen LogP contribution in [0.4, 0.5) is 11.4 Å². The summed E-state index contributed by atoms with van der Waals surface area (Å²) in [6.45, 7) is 4.22. The first-order valence-electron chi connectivity index (χ1n) is 5.32. The van der Waals surface area contributed by atoms with Crippen LogP contribution in [0, 0.1) is 10.1 Å². The highest BCUT2D eigenvalue weighted by molar-refractivity contribution is 9.10. The Labute approximate surface area is 113 Å². The number of nitrogens with zero attached hydrogens (tertiary/aromatic N) is 1. The molecule has 1 unspecified atom stereocenters. The number of nitro groups is 1. The van der Waals surface area contributed by atoms with E-state index in [-0.39, 0.29) is 5.69 Å². The molecule has 17 heavy (non-hydrogen) atoms. The first-order chi connectivity index (χ1) is 8.04.